The Morgan fingerprint density at radius 3 is 1.24 bits per heavy atom. The molecule has 7 aromatic carbocycles. The lowest BCUT2D eigenvalue weighted by molar-refractivity contribution is 0.0769. The lowest BCUT2D eigenvalue weighted by atomic mass is 9.94. The van der Waals surface area contributed by atoms with Gasteiger partial charge < -0.3 is 9.47 Å². The molecule has 3 aromatic heterocycles. The van der Waals surface area contributed by atoms with Crippen LogP contribution in [0.2, 0.25) is 0 Å². The monoisotopic (exact) mass is 875 g/mol. The smallest absolute Gasteiger partial charge is 0.174 e. The molecule has 322 valence electrons. The standard InChI is InChI=1S/C61H41N5O2/c1-3-15-40(16-4-1)44-19-13-21-46(35-44)59-64-60(47-22-14-20-45(36-47)41-17-5-2-6-18-41)66-61(65-59)52-32-31-51(57-58(52)68-56-26-8-7-25-55(56)67-57)43-29-27-42(28-30-43)48-37-49(53-23-9-11-33-62-53)39-50(38-48)54-24-10-12-34-63-54/h1-39,55-56H. The topological polar surface area (TPSA) is 82.9 Å². The molecule has 0 saturated carbocycles. The summed E-state index contributed by atoms with van der Waals surface area (Å²) in [6.07, 6.45) is 11.1. The first kappa shape index (κ1) is 40.4. The van der Waals surface area contributed by atoms with Gasteiger partial charge in [-0.05, 0) is 118 Å². The van der Waals surface area contributed by atoms with E-state index in [1.165, 1.54) is 0 Å². The number of nitrogens with zero attached hydrogens (tertiary/aromatic N) is 5. The van der Waals surface area contributed by atoms with Crippen LogP contribution in [0.1, 0.15) is 0 Å². The van der Waals surface area contributed by atoms with E-state index < -0.39 is 0 Å². The molecule has 12 rings (SSSR count). The number of fused-ring (bicyclic) bond motifs is 2. The summed E-state index contributed by atoms with van der Waals surface area (Å²) in [4.78, 5) is 25.0. The van der Waals surface area contributed by atoms with Crippen LogP contribution in [-0.2, 0) is 0 Å². The number of benzene rings is 7. The van der Waals surface area contributed by atoms with Gasteiger partial charge >= 0.3 is 0 Å². The fraction of sp³-hybridized carbons (Fsp3) is 0.0328. The molecule has 7 heteroatoms. The van der Waals surface area contributed by atoms with Gasteiger partial charge in [-0.25, -0.2) is 15.0 Å². The predicted octanol–water partition coefficient (Wildman–Crippen LogP) is 14.3. The van der Waals surface area contributed by atoms with Crippen LogP contribution in [-0.4, -0.2) is 37.1 Å². The van der Waals surface area contributed by atoms with Gasteiger partial charge in [-0.15, -0.1) is 0 Å². The van der Waals surface area contributed by atoms with Crippen molar-refractivity contribution in [2.75, 3.05) is 0 Å². The maximum absolute atomic E-state index is 6.96. The minimum atomic E-state index is -0.338. The van der Waals surface area contributed by atoms with Crippen LogP contribution in [0.5, 0.6) is 11.5 Å². The number of aromatic nitrogens is 5. The largest absolute Gasteiger partial charge is 0.478 e. The Balaban J connectivity index is 0.981. The van der Waals surface area contributed by atoms with Gasteiger partial charge in [0.2, 0.25) is 0 Å². The molecule has 7 nitrogen and oxygen atoms in total. The average molecular weight is 876 g/mol. The van der Waals surface area contributed by atoms with Crippen LogP contribution >= 0.6 is 0 Å². The highest BCUT2D eigenvalue weighted by atomic mass is 16.6. The summed E-state index contributed by atoms with van der Waals surface area (Å²) < 4.78 is 13.9. The number of rotatable bonds is 9. The number of hydrogen-bond donors (Lipinski definition) is 0. The van der Waals surface area contributed by atoms with Crippen molar-refractivity contribution < 1.29 is 9.47 Å². The molecule has 2 atom stereocenters. The van der Waals surface area contributed by atoms with Gasteiger partial charge in [0, 0.05) is 40.2 Å². The molecule has 2 aliphatic rings. The molecule has 68 heavy (non-hydrogen) atoms. The summed E-state index contributed by atoms with van der Waals surface area (Å²) in [6, 6.07) is 68.6. The summed E-state index contributed by atoms with van der Waals surface area (Å²) in [5, 5.41) is 0. The first-order chi connectivity index (χ1) is 33.7. The van der Waals surface area contributed by atoms with Gasteiger partial charge in [0.25, 0.3) is 0 Å². The highest BCUT2D eigenvalue weighted by Crippen LogP contribution is 2.49. The van der Waals surface area contributed by atoms with Crippen molar-refractivity contribution in [3.8, 4) is 113 Å². The highest BCUT2D eigenvalue weighted by molar-refractivity contribution is 5.85. The Hall–Kier alpha value is -9.07. The Morgan fingerprint density at radius 2 is 0.706 bits per heavy atom. The third kappa shape index (κ3) is 8.03. The third-order valence-electron chi connectivity index (χ3n) is 12.4. The van der Waals surface area contributed by atoms with E-state index in [0.717, 1.165) is 78.1 Å². The minimum Gasteiger partial charge on any atom is -0.478 e. The molecule has 4 heterocycles. The molecule has 2 unspecified atom stereocenters. The first-order valence-corrected chi connectivity index (χ1v) is 22.7. The van der Waals surface area contributed by atoms with Gasteiger partial charge in [-0.3, -0.25) is 9.97 Å². The van der Waals surface area contributed by atoms with E-state index in [-0.39, 0.29) is 12.2 Å². The van der Waals surface area contributed by atoms with E-state index in [1.54, 1.807) is 0 Å². The van der Waals surface area contributed by atoms with Crippen molar-refractivity contribution in [3.05, 3.63) is 237 Å². The van der Waals surface area contributed by atoms with E-state index in [0.29, 0.717) is 34.5 Å². The summed E-state index contributed by atoms with van der Waals surface area (Å²) in [5.74, 6) is 2.79. The average Bonchev–Trinajstić information content (AvgIpc) is 3.43. The first-order valence-electron chi connectivity index (χ1n) is 22.7. The second kappa shape index (κ2) is 17.7. The van der Waals surface area contributed by atoms with Gasteiger partial charge in [0.05, 0.1) is 17.0 Å². The van der Waals surface area contributed by atoms with E-state index in [4.69, 9.17) is 24.4 Å². The van der Waals surface area contributed by atoms with Gasteiger partial charge in [-0.2, -0.15) is 0 Å². The van der Waals surface area contributed by atoms with Crippen molar-refractivity contribution in [1.82, 2.24) is 24.9 Å². The molecule has 0 fully saturated rings. The van der Waals surface area contributed by atoms with E-state index in [9.17, 15) is 0 Å². The lowest BCUT2D eigenvalue weighted by Gasteiger charge is -2.34. The molecule has 1 aliphatic carbocycles. The molecule has 10 aromatic rings. The Labute approximate surface area is 394 Å². The number of ether oxygens (including phenoxy) is 2. The summed E-state index contributed by atoms with van der Waals surface area (Å²) in [6.45, 7) is 0. The van der Waals surface area contributed by atoms with E-state index in [2.05, 4.69) is 131 Å². The number of hydrogen-bond acceptors (Lipinski definition) is 7. The van der Waals surface area contributed by atoms with Crippen LogP contribution < -0.4 is 9.47 Å². The zero-order chi connectivity index (χ0) is 45.2. The number of pyridine rings is 2. The molecule has 0 saturated heterocycles. The summed E-state index contributed by atoms with van der Waals surface area (Å²) in [5.41, 5.74) is 14.6. The Kier molecular flexibility index (Phi) is 10.5. The van der Waals surface area contributed by atoms with Crippen molar-refractivity contribution in [3.63, 3.8) is 0 Å². The highest BCUT2D eigenvalue weighted by Gasteiger charge is 2.34. The fourth-order valence-corrected chi connectivity index (χ4v) is 8.94. The molecular formula is C61H41N5O2. The van der Waals surface area contributed by atoms with E-state index >= 15 is 0 Å². The molecule has 0 N–H and O–H groups in total. The molecule has 0 bridgehead atoms. The molecule has 0 radical (unpaired) electrons. The third-order valence-corrected chi connectivity index (χ3v) is 12.4. The summed E-state index contributed by atoms with van der Waals surface area (Å²) >= 11 is 0. The van der Waals surface area contributed by atoms with Crippen LogP contribution in [0.15, 0.2) is 237 Å². The predicted molar refractivity (Wildman–Crippen MR) is 271 cm³/mol. The van der Waals surface area contributed by atoms with Crippen molar-refractivity contribution in [2.45, 2.75) is 12.2 Å². The quantitative estimate of drug-likeness (QED) is 0.143. The fourth-order valence-electron chi connectivity index (χ4n) is 8.94. The van der Waals surface area contributed by atoms with Crippen molar-refractivity contribution in [2.24, 2.45) is 0 Å². The van der Waals surface area contributed by atoms with Crippen LogP contribution in [0.3, 0.4) is 0 Å². The van der Waals surface area contributed by atoms with Crippen LogP contribution in [0.4, 0.5) is 0 Å². The van der Waals surface area contributed by atoms with Gasteiger partial charge in [-0.1, -0.05) is 146 Å². The Morgan fingerprint density at radius 1 is 0.294 bits per heavy atom. The zero-order valence-corrected chi connectivity index (χ0v) is 36.7. The molecular weight excluding hydrogens is 835 g/mol. The molecule has 0 spiro atoms. The van der Waals surface area contributed by atoms with Crippen LogP contribution in [0.25, 0.3) is 101 Å². The van der Waals surface area contributed by atoms with Crippen LogP contribution in [0, 0.1) is 0 Å². The zero-order valence-electron chi connectivity index (χ0n) is 36.7. The maximum atomic E-state index is 6.96. The number of allylic oxidation sites excluding steroid dienone is 2. The van der Waals surface area contributed by atoms with Gasteiger partial charge in [0.1, 0.15) is 0 Å². The second-order valence-electron chi connectivity index (χ2n) is 16.8. The summed E-state index contributed by atoms with van der Waals surface area (Å²) in [7, 11) is 0. The Bertz CT molecular complexity index is 3350. The molecule has 1 aliphatic heterocycles. The second-order valence-corrected chi connectivity index (χ2v) is 16.8. The lowest BCUT2D eigenvalue weighted by Crippen LogP contribution is -2.38. The molecule has 0 amide bonds. The minimum absolute atomic E-state index is 0.314. The van der Waals surface area contributed by atoms with Crippen molar-refractivity contribution in [1.29, 1.82) is 0 Å². The van der Waals surface area contributed by atoms with Gasteiger partial charge in [0.15, 0.2) is 41.2 Å². The maximum Gasteiger partial charge on any atom is 0.174 e. The SMILES string of the molecule is C1=CC2Oc3c(-c4ccc(-c5cc(-c6ccccn6)cc(-c6ccccn6)c5)cc4)ccc(-c4nc(-c5cccc(-c6ccccc6)c5)nc(-c5cccc(-c6ccccc6)c5)n4)c3OC2C=C1. The normalized spacial score (nSPS) is 14.6. The van der Waals surface area contributed by atoms with E-state index in [1.807, 2.05) is 116 Å². The van der Waals surface area contributed by atoms with Crippen molar-refractivity contribution >= 4 is 0 Å².